The molecule has 21 heavy (non-hydrogen) atoms. The Morgan fingerprint density at radius 1 is 1.48 bits per heavy atom. The van der Waals surface area contributed by atoms with Crippen molar-refractivity contribution in [3.05, 3.63) is 24.1 Å². The number of carboxylic acids is 1. The maximum Gasteiger partial charge on any atom is 0.323 e. The van der Waals surface area contributed by atoms with Crippen molar-refractivity contribution in [1.82, 2.24) is 4.98 Å². The molecule has 2 aromatic rings. The molecule has 0 radical (unpaired) electrons. The Labute approximate surface area is 121 Å². The van der Waals surface area contributed by atoms with Crippen LogP contribution in [-0.4, -0.2) is 29.7 Å². The Morgan fingerprint density at radius 2 is 2.19 bits per heavy atom. The molecule has 1 fully saturated rings. The molecular formula is C13H14N2O5S. The molecule has 1 aliphatic rings. The number of hydrogen-bond donors (Lipinski definition) is 2. The molecular weight excluding hydrogens is 296 g/mol. The minimum absolute atomic E-state index is 0.270. The number of benzene rings is 1. The summed E-state index contributed by atoms with van der Waals surface area (Å²) in [6, 6.07) is 4.69. The van der Waals surface area contributed by atoms with Crippen molar-refractivity contribution >= 4 is 32.8 Å². The second-order valence-electron chi connectivity index (χ2n) is 5.14. The SMILES string of the molecule is CC(C(=O)O)S(=O)(=O)Nc1ccc2oc(C3CC3)nc2c1. The van der Waals surface area contributed by atoms with E-state index in [2.05, 4.69) is 9.71 Å². The summed E-state index contributed by atoms with van der Waals surface area (Å²) in [6.45, 7) is 1.12. The molecule has 1 heterocycles. The van der Waals surface area contributed by atoms with Gasteiger partial charge < -0.3 is 9.52 Å². The lowest BCUT2D eigenvalue weighted by molar-refractivity contribution is -0.136. The standard InChI is InChI=1S/C13H14N2O5S/c1-7(13(16)17)21(18,19)15-9-4-5-11-10(6-9)14-12(20-11)8-2-3-8/h4-8,15H,2-3H2,1H3,(H,16,17). The molecule has 1 saturated carbocycles. The number of carboxylic acid groups (broad SMARTS) is 1. The van der Waals surface area contributed by atoms with E-state index in [0.717, 1.165) is 19.8 Å². The molecule has 7 nitrogen and oxygen atoms in total. The van der Waals surface area contributed by atoms with Crippen LogP contribution in [0.5, 0.6) is 0 Å². The first-order valence-electron chi connectivity index (χ1n) is 6.52. The fourth-order valence-corrected chi connectivity index (χ4v) is 2.80. The van der Waals surface area contributed by atoms with Gasteiger partial charge in [-0.15, -0.1) is 0 Å². The van der Waals surface area contributed by atoms with Crippen molar-refractivity contribution in [2.75, 3.05) is 4.72 Å². The van der Waals surface area contributed by atoms with Gasteiger partial charge in [-0.2, -0.15) is 0 Å². The van der Waals surface area contributed by atoms with Crippen molar-refractivity contribution in [1.29, 1.82) is 0 Å². The van der Waals surface area contributed by atoms with E-state index in [-0.39, 0.29) is 5.69 Å². The molecule has 1 atom stereocenters. The van der Waals surface area contributed by atoms with Gasteiger partial charge >= 0.3 is 5.97 Å². The minimum atomic E-state index is -3.99. The normalized spacial score (nSPS) is 16.8. The quantitative estimate of drug-likeness (QED) is 0.873. The summed E-state index contributed by atoms with van der Waals surface area (Å²) in [5.41, 5.74) is 1.41. The minimum Gasteiger partial charge on any atom is -0.480 e. The Bertz CT molecular complexity index is 807. The first-order valence-corrected chi connectivity index (χ1v) is 8.06. The van der Waals surface area contributed by atoms with Gasteiger partial charge in [-0.3, -0.25) is 9.52 Å². The second kappa shape index (κ2) is 4.73. The zero-order valence-electron chi connectivity index (χ0n) is 11.2. The molecule has 1 aliphatic carbocycles. The van der Waals surface area contributed by atoms with E-state index < -0.39 is 21.2 Å². The fourth-order valence-electron chi connectivity index (χ4n) is 1.90. The third-order valence-electron chi connectivity index (χ3n) is 3.40. The molecule has 112 valence electrons. The van der Waals surface area contributed by atoms with Crippen LogP contribution in [0.2, 0.25) is 0 Å². The molecule has 0 spiro atoms. The number of aliphatic carboxylic acids is 1. The molecule has 8 heteroatoms. The van der Waals surface area contributed by atoms with Gasteiger partial charge in [-0.1, -0.05) is 0 Å². The average molecular weight is 310 g/mol. The van der Waals surface area contributed by atoms with Crippen molar-refractivity contribution in [2.24, 2.45) is 0 Å². The summed E-state index contributed by atoms with van der Waals surface area (Å²) < 4.78 is 31.6. The molecule has 0 bridgehead atoms. The van der Waals surface area contributed by atoms with Crippen LogP contribution < -0.4 is 4.72 Å². The monoisotopic (exact) mass is 310 g/mol. The predicted octanol–water partition coefficient (Wildman–Crippen LogP) is 1.92. The molecule has 2 N–H and O–H groups in total. The van der Waals surface area contributed by atoms with Gasteiger partial charge in [-0.25, -0.2) is 13.4 Å². The second-order valence-corrected chi connectivity index (χ2v) is 7.14. The number of anilines is 1. The van der Waals surface area contributed by atoms with Crippen LogP contribution in [0.4, 0.5) is 5.69 Å². The number of oxazole rings is 1. The van der Waals surface area contributed by atoms with Crippen LogP contribution in [0.25, 0.3) is 11.1 Å². The Hall–Kier alpha value is -2.09. The number of nitrogens with one attached hydrogen (secondary N) is 1. The maximum atomic E-state index is 11.9. The number of fused-ring (bicyclic) bond motifs is 1. The van der Waals surface area contributed by atoms with Gasteiger partial charge in [0, 0.05) is 5.92 Å². The van der Waals surface area contributed by atoms with Crippen molar-refractivity contribution in [2.45, 2.75) is 30.9 Å². The van der Waals surface area contributed by atoms with Gasteiger partial charge in [0.25, 0.3) is 0 Å². The van der Waals surface area contributed by atoms with Crippen molar-refractivity contribution in [3.63, 3.8) is 0 Å². The van der Waals surface area contributed by atoms with Crippen LogP contribution in [0.1, 0.15) is 31.6 Å². The summed E-state index contributed by atoms with van der Waals surface area (Å²) in [4.78, 5) is 15.1. The van der Waals surface area contributed by atoms with E-state index in [0.29, 0.717) is 22.9 Å². The molecule has 1 aromatic heterocycles. The topological polar surface area (TPSA) is 110 Å². The summed E-state index contributed by atoms with van der Waals surface area (Å²) in [5.74, 6) is -0.366. The molecule has 0 amide bonds. The van der Waals surface area contributed by atoms with Crippen LogP contribution in [0, 0.1) is 0 Å². The first-order chi connectivity index (χ1) is 9.87. The van der Waals surface area contributed by atoms with Crippen LogP contribution >= 0.6 is 0 Å². The van der Waals surface area contributed by atoms with E-state index in [1.54, 1.807) is 6.07 Å². The highest BCUT2D eigenvalue weighted by Gasteiger charge is 2.30. The van der Waals surface area contributed by atoms with E-state index in [1.807, 2.05) is 0 Å². The largest absolute Gasteiger partial charge is 0.480 e. The number of nitrogens with zero attached hydrogens (tertiary/aromatic N) is 1. The van der Waals surface area contributed by atoms with Gasteiger partial charge in [-0.05, 0) is 38.0 Å². The lowest BCUT2D eigenvalue weighted by Gasteiger charge is -2.10. The Kier molecular flexibility index (Phi) is 3.12. The van der Waals surface area contributed by atoms with Crippen LogP contribution in [-0.2, 0) is 14.8 Å². The molecule has 1 aromatic carbocycles. The smallest absolute Gasteiger partial charge is 0.323 e. The van der Waals surface area contributed by atoms with E-state index >= 15 is 0 Å². The summed E-state index contributed by atoms with van der Waals surface area (Å²) >= 11 is 0. The molecule has 1 unspecified atom stereocenters. The van der Waals surface area contributed by atoms with Gasteiger partial charge in [0.05, 0.1) is 5.69 Å². The summed E-state index contributed by atoms with van der Waals surface area (Å²) in [6.07, 6.45) is 2.12. The van der Waals surface area contributed by atoms with Crippen LogP contribution in [0.15, 0.2) is 22.6 Å². The highest BCUT2D eigenvalue weighted by molar-refractivity contribution is 7.94. The Balaban J connectivity index is 1.88. The fraction of sp³-hybridized carbons (Fsp3) is 0.385. The van der Waals surface area contributed by atoms with E-state index in [1.165, 1.54) is 12.1 Å². The first kappa shape index (κ1) is 13.9. The number of sulfonamides is 1. The van der Waals surface area contributed by atoms with Crippen molar-refractivity contribution in [3.8, 4) is 0 Å². The molecule has 3 rings (SSSR count). The highest BCUT2D eigenvalue weighted by atomic mass is 32.2. The van der Waals surface area contributed by atoms with Gasteiger partial charge in [0.1, 0.15) is 5.52 Å². The van der Waals surface area contributed by atoms with Gasteiger partial charge in [0.15, 0.2) is 16.7 Å². The number of carbonyl (C=O) groups is 1. The highest BCUT2D eigenvalue weighted by Crippen LogP contribution is 2.40. The molecule has 0 saturated heterocycles. The van der Waals surface area contributed by atoms with E-state index in [4.69, 9.17) is 9.52 Å². The Morgan fingerprint density at radius 3 is 2.81 bits per heavy atom. The third-order valence-corrected chi connectivity index (χ3v) is 5.06. The number of aromatic nitrogens is 1. The predicted molar refractivity (Wildman–Crippen MR) is 75.6 cm³/mol. The van der Waals surface area contributed by atoms with Crippen LogP contribution in [0.3, 0.4) is 0 Å². The third kappa shape index (κ3) is 2.71. The maximum absolute atomic E-state index is 11.9. The zero-order chi connectivity index (χ0) is 15.2. The van der Waals surface area contributed by atoms with Gasteiger partial charge in [0.2, 0.25) is 10.0 Å². The summed E-state index contributed by atoms with van der Waals surface area (Å²) in [7, 11) is -3.99. The van der Waals surface area contributed by atoms with Crippen molar-refractivity contribution < 1.29 is 22.7 Å². The molecule has 0 aliphatic heterocycles. The van der Waals surface area contributed by atoms with E-state index in [9.17, 15) is 13.2 Å². The zero-order valence-corrected chi connectivity index (χ0v) is 12.1. The number of rotatable bonds is 5. The summed E-state index contributed by atoms with van der Waals surface area (Å²) in [5, 5.41) is 7.26. The lowest BCUT2D eigenvalue weighted by atomic mass is 10.3. The lowest BCUT2D eigenvalue weighted by Crippen LogP contribution is -2.32. The average Bonchev–Trinajstić information content (AvgIpc) is 3.17. The number of hydrogen-bond acceptors (Lipinski definition) is 5.